The quantitative estimate of drug-likeness (QED) is 0.490. The van der Waals surface area contributed by atoms with Crippen molar-refractivity contribution in [3.8, 4) is 5.75 Å². The lowest BCUT2D eigenvalue weighted by Gasteiger charge is -2.29. The van der Waals surface area contributed by atoms with Crippen molar-refractivity contribution in [2.45, 2.75) is 59.2 Å². The number of carbonyl (C=O) groups is 3. The van der Waals surface area contributed by atoms with Crippen LogP contribution in [-0.2, 0) is 11.3 Å². The molecule has 2 aromatic rings. The third kappa shape index (κ3) is 4.22. The van der Waals surface area contributed by atoms with Crippen LogP contribution in [0, 0.1) is 13.8 Å². The summed E-state index contributed by atoms with van der Waals surface area (Å²) in [7, 11) is 2.86. The van der Waals surface area contributed by atoms with E-state index in [0.717, 1.165) is 12.8 Å². The molecule has 172 valence electrons. The van der Waals surface area contributed by atoms with Gasteiger partial charge in [0, 0.05) is 23.8 Å². The van der Waals surface area contributed by atoms with E-state index in [1.807, 2.05) is 26.0 Å². The molecule has 1 aliphatic rings. The van der Waals surface area contributed by atoms with Crippen molar-refractivity contribution in [2.24, 2.45) is 0 Å². The third-order valence-corrected chi connectivity index (χ3v) is 6.03. The number of amides is 2. The second-order valence-electron chi connectivity index (χ2n) is 7.98. The van der Waals surface area contributed by atoms with E-state index in [0.29, 0.717) is 40.5 Å². The lowest BCUT2D eigenvalue weighted by molar-refractivity contribution is 0.0587. The van der Waals surface area contributed by atoms with Gasteiger partial charge in [-0.1, -0.05) is 12.1 Å². The number of methoxy groups -OCH3 is 2. The van der Waals surface area contributed by atoms with Crippen LogP contribution in [-0.4, -0.2) is 53.6 Å². The summed E-state index contributed by atoms with van der Waals surface area (Å²) in [6, 6.07) is 6.10. The van der Waals surface area contributed by atoms with E-state index in [1.54, 1.807) is 42.6 Å². The third-order valence-electron chi connectivity index (χ3n) is 6.03. The average molecular weight is 442 g/mol. The number of carbonyl (C=O) groups excluding carboxylic acids is 3. The number of hydrogen-bond donors (Lipinski definition) is 1. The first kappa shape index (κ1) is 23.4. The number of nitrogens with one attached hydrogen (secondary N) is 1. The van der Waals surface area contributed by atoms with Crippen molar-refractivity contribution >= 4 is 23.5 Å². The molecule has 1 atom stereocenters. The van der Waals surface area contributed by atoms with Crippen molar-refractivity contribution in [3.05, 3.63) is 46.8 Å². The van der Waals surface area contributed by atoms with Crippen LogP contribution in [0.3, 0.4) is 0 Å². The molecule has 1 saturated carbocycles. The Bertz CT molecular complexity index is 1040. The van der Waals surface area contributed by atoms with Crippen molar-refractivity contribution in [2.75, 3.05) is 19.5 Å². The van der Waals surface area contributed by atoms with E-state index in [1.165, 1.54) is 7.11 Å². The Balaban J connectivity index is 1.93. The Hall–Kier alpha value is -3.29. The Morgan fingerprint density at radius 3 is 2.41 bits per heavy atom. The first-order chi connectivity index (χ1) is 15.3. The Labute approximate surface area is 188 Å². The summed E-state index contributed by atoms with van der Waals surface area (Å²) in [5, 5.41) is 2.88. The highest BCUT2D eigenvalue weighted by Gasteiger charge is 2.40. The summed E-state index contributed by atoms with van der Waals surface area (Å²) < 4.78 is 12.0. The Morgan fingerprint density at radius 1 is 1.19 bits per heavy atom. The fourth-order valence-corrected chi connectivity index (χ4v) is 4.29. The number of anilines is 1. The number of Topliss-reactive ketones (excluding diaryl/α,β-unsaturated/α-hetero) is 1. The van der Waals surface area contributed by atoms with Crippen LogP contribution in [0.1, 0.15) is 58.8 Å². The zero-order chi connectivity index (χ0) is 23.6. The average Bonchev–Trinajstić information content (AvgIpc) is 3.57. The maximum Gasteiger partial charge on any atom is 0.354 e. The fraction of sp³-hybridized carbons (Fsp3) is 0.458. The number of esters is 1. The lowest BCUT2D eigenvalue weighted by atomic mass is 10.00. The van der Waals surface area contributed by atoms with E-state index in [9.17, 15) is 14.4 Å². The highest BCUT2D eigenvalue weighted by molar-refractivity contribution is 6.07. The molecule has 1 aromatic heterocycles. The van der Waals surface area contributed by atoms with Gasteiger partial charge in [-0.05, 0) is 58.2 Å². The number of ketones is 1. The number of urea groups is 1. The number of nitrogens with zero attached hydrogens (tertiary/aromatic N) is 2. The molecular weight excluding hydrogens is 410 g/mol. The maximum absolute atomic E-state index is 13.6. The molecule has 3 rings (SSSR count). The van der Waals surface area contributed by atoms with Gasteiger partial charge in [0.2, 0.25) is 0 Å². The minimum Gasteiger partial charge on any atom is -0.495 e. The Kier molecular flexibility index (Phi) is 6.91. The summed E-state index contributed by atoms with van der Waals surface area (Å²) >= 11 is 0. The molecule has 1 aliphatic carbocycles. The molecule has 1 fully saturated rings. The van der Waals surface area contributed by atoms with Crippen LogP contribution in [0.5, 0.6) is 5.75 Å². The largest absolute Gasteiger partial charge is 0.495 e. The molecule has 0 bridgehead atoms. The predicted octanol–water partition coefficient (Wildman–Crippen LogP) is 4.19. The molecule has 1 aromatic carbocycles. The molecule has 0 saturated heterocycles. The van der Waals surface area contributed by atoms with Gasteiger partial charge in [0.15, 0.2) is 5.78 Å². The maximum atomic E-state index is 13.6. The number of rotatable bonds is 8. The van der Waals surface area contributed by atoms with E-state index in [2.05, 4.69) is 5.32 Å². The van der Waals surface area contributed by atoms with Crippen LogP contribution in [0.25, 0.3) is 0 Å². The summed E-state index contributed by atoms with van der Waals surface area (Å²) in [4.78, 5) is 40.8. The van der Waals surface area contributed by atoms with Gasteiger partial charge in [0.05, 0.1) is 25.9 Å². The zero-order valence-electron chi connectivity index (χ0n) is 19.5. The van der Waals surface area contributed by atoms with Crippen LogP contribution in [0.15, 0.2) is 24.3 Å². The molecule has 1 unspecified atom stereocenters. The molecule has 1 N–H and O–H groups in total. The molecule has 0 radical (unpaired) electrons. The van der Waals surface area contributed by atoms with E-state index >= 15 is 0 Å². The van der Waals surface area contributed by atoms with Gasteiger partial charge >= 0.3 is 12.0 Å². The van der Waals surface area contributed by atoms with Gasteiger partial charge < -0.3 is 24.3 Å². The molecule has 0 spiro atoms. The van der Waals surface area contributed by atoms with Gasteiger partial charge in [0.1, 0.15) is 11.4 Å². The van der Waals surface area contributed by atoms with Crippen LogP contribution in [0.4, 0.5) is 10.5 Å². The normalized spacial score (nSPS) is 13.9. The topological polar surface area (TPSA) is 89.9 Å². The van der Waals surface area contributed by atoms with Crippen molar-refractivity contribution in [3.63, 3.8) is 0 Å². The van der Waals surface area contributed by atoms with Gasteiger partial charge in [-0.15, -0.1) is 0 Å². The standard InChI is InChI=1S/C24H31N3O5/c1-7-26-15(3)20(14(2)21(26)23(29)32-6)22(28)16(4)27(17-12-13-17)24(30)25-18-10-8-9-11-19(18)31-5/h8-11,16-17H,7,12-13H2,1-6H3,(H,25,30). The lowest BCUT2D eigenvalue weighted by Crippen LogP contribution is -2.47. The van der Waals surface area contributed by atoms with Crippen molar-refractivity contribution in [1.82, 2.24) is 9.47 Å². The van der Waals surface area contributed by atoms with Crippen LogP contribution >= 0.6 is 0 Å². The van der Waals surface area contributed by atoms with Gasteiger partial charge in [-0.3, -0.25) is 4.79 Å². The summed E-state index contributed by atoms with van der Waals surface area (Å²) in [6.45, 7) is 7.75. The van der Waals surface area contributed by atoms with Gasteiger partial charge in [0.25, 0.3) is 0 Å². The minimum absolute atomic E-state index is 0.00222. The minimum atomic E-state index is -0.701. The SMILES string of the molecule is CCn1c(C)c(C(=O)C(C)N(C(=O)Nc2ccccc2OC)C2CC2)c(C)c1C(=O)OC. The smallest absolute Gasteiger partial charge is 0.354 e. The van der Waals surface area contributed by atoms with E-state index in [-0.39, 0.29) is 17.9 Å². The summed E-state index contributed by atoms with van der Waals surface area (Å²) in [6.07, 6.45) is 1.69. The van der Waals surface area contributed by atoms with Gasteiger partial charge in [-0.2, -0.15) is 0 Å². The second-order valence-corrected chi connectivity index (χ2v) is 7.98. The highest BCUT2D eigenvalue weighted by atomic mass is 16.5. The first-order valence-electron chi connectivity index (χ1n) is 10.8. The monoisotopic (exact) mass is 441 g/mol. The molecule has 8 nitrogen and oxygen atoms in total. The number of aromatic nitrogens is 1. The first-order valence-corrected chi connectivity index (χ1v) is 10.8. The highest BCUT2D eigenvalue weighted by Crippen LogP contribution is 2.33. The summed E-state index contributed by atoms with van der Waals surface area (Å²) in [5.41, 5.74) is 2.66. The Morgan fingerprint density at radius 2 is 1.84 bits per heavy atom. The molecule has 0 aliphatic heterocycles. The zero-order valence-corrected chi connectivity index (χ0v) is 19.5. The van der Waals surface area contributed by atoms with Crippen LogP contribution < -0.4 is 10.1 Å². The number of benzene rings is 1. The van der Waals surface area contributed by atoms with Gasteiger partial charge in [-0.25, -0.2) is 9.59 Å². The number of para-hydroxylation sites is 2. The fourth-order valence-electron chi connectivity index (χ4n) is 4.29. The van der Waals surface area contributed by atoms with E-state index in [4.69, 9.17) is 9.47 Å². The number of hydrogen-bond acceptors (Lipinski definition) is 5. The van der Waals surface area contributed by atoms with Crippen LogP contribution in [0.2, 0.25) is 0 Å². The molecule has 8 heteroatoms. The molecule has 32 heavy (non-hydrogen) atoms. The summed E-state index contributed by atoms with van der Waals surface area (Å²) in [5.74, 6) is -0.128. The van der Waals surface area contributed by atoms with E-state index < -0.39 is 12.0 Å². The molecular formula is C24H31N3O5. The number of ether oxygens (including phenoxy) is 2. The second kappa shape index (κ2) is 9.46. The molecule has 2 amide bonds. The van der Waals surface area contributed by atoms with Crippen molar-refractivity contribution < 1.29 is 23.9 Å². The van der Waals surface area contributed by atoms with Crippen molar-refractivity contribution in [1.29, 1.82) is 0 Å². The predicted molar refractivity (Wildman–Crippen MR) is 122 cm³/mol. The molecule has 1 heterocycles.